The highest BCUT2D eigenvalue weighted by atomic mass is 32.1. The molecule has 1 heterocycles. The number of carboxylic acids is 1. The van der Waals surface area contributed by atoms with Crippen molar-refractivity contribution in [1.82, 2.24) is 4.98 Å². The zero-order valence-electron chi connectivity index (χ0n) is 9.65. The topological polar surface area (TPSA) is 59.4 Å². The molecule has 1 N–H and O–H groups in total. The van der Waals surface area contributed by atoms with Crippen LogP contribution in [0.3, 0.4) is 0 Å². The van der Waals surface area contributed by atoms with Gasteiger partial charge in [0.2, 0.25) is 0 Å². The third kappa shape index (κ3) is 3.90. The molecule has 16 heavy (non-hydrogen) atoms. The van der Waals surface area contributed by atoms with Crippen LogP contribution in [0.4, 0.5) is 0 Å². The van der Waals surface area contributed by atoms with Gasteiger partial charge in [0.15, 0.2) is 0 Å². The summed E-state index contributed by atoms with van der Waals surface area (Å²) >= 11 is 1.50. The zero-order chi connectivity index (χ0) is 12.0. The molecule has 0 aromatic carbocycles. The van der Waals surface area contributed by atoms with E-state index >= 15 is 0 Å². The van der Waals surface area contributed by atoms with E-state index in [-0.39, 0.29) is 6.42 Å². The Morgan fingerprint density at radius 1 is 1.50 bits per heavy atom. The Balaban J connectivity index is 2.77. The molecule has 1 rings (SSSR count). The van der Waals surface area contributed by atoms with Crippen molar-refractivity contribution in [3.63, 3.8) is 0 Å². The molecule has 1 aromatic rings. The lowest BCUT2D eigenvalue weighted by Gasteiger charge is -1.95. The number of nitrogens with zero attached hydrogens (tertiary/aromatic N) is 1. The number of carbonyl (C=O) groups is 1. The molecule has 0 aliphatic rings. The van der Waals surface area contributed by atoms with Crippen molar-refractivity contribution in [1.29, 1.82) is 0 Å². The standard InChI is InChI=1S/C11H17NO3S/c1-3-4-8-9(7-11(13)14)16-10(12-8)5-6-15-2/h3-7H2,1-2H3,(H,13,14). The van der Waals surface area contributed by atoms with Gasteiger partial charge in [0.1, 0.15) is 0 Å². The summed E-state index contributed by atoms with van der Waals surface area (Å²) in [4.78, 5) is 16.1. The quantitative estimate of drug-likeness (QED) is 0.794. The monoisotopic (exact) mass is 243 g/mol. The first-order valence-electron chi connectivity index (χ1n) is 5.35. The molecule has 0 aliphatic carbocycles. The summed E-state index contributed by atoms with van der Waals surface area (Å²) in [7, 11) is 1.65. The summed E-state index contributed by atoms with van der Waals surface area (Å²) in [6.45, 7) is 2.70. The molecule has 0 unspecified atom stereocenters. The van der Waals surface area contributed by atoms with Crippen LogP contribution in [-0.2, 0) is 28.8 Å². The smallest absolute Gasteiger partial charge is 0.308 e. The number of hydrogen-bond acceptors (Lipinski definition) is 4. The Kier molecular flexibility index (Phi) is 5.42. The number of carboxylic acid groups (broad SMARTS) is 1. The van der Waals surface area contributed by atoms with Crippen molar-refractivity contribution in [2.24, 2.45) is 0 Å². The van der Waals surface area contributed by atoms with Crippen molar-refractivity contribution < 1.29 is 14.6 Å². The summed E-state index contributed by atoms with van der Waals surface area (Å²) in [5, 5.41) is 9.77. The van der Waals surface area contributed by atoms with Gasteiger partial charge in [-0.2, -0.15) is 0 Å². The van der Waals surface area contributed by atoms with Crippen LogP contribution in [0.2, 0.25) is 0 Å². The molecule has 4 nitrogen and oxygen atoms in total. The van der Waals surface area contributed by atoms with Crippen molar-refractivity contribution in [2.45, 2.75) is 32.6 Å². The van der Waals surface area contributed by atoms with Gasteiger partial charge in [0, 0.05) is 18.4 Å². The molecular formula is C11H17NO3S. The molecule has 0 saturated carbocycles. The number of thiazole rings is 1. The lowest BCUT2D eigenvalue weighted by molar-refractivity contribution is -0.136. The minimum absolute atomic E-state index is 0.0833. The molecule has 0 amide bonds. The number of aromatic nitrogens is 1. The van der Waals surface area contributed by atoms with Gasteiger partial charge in [0.25, 0.3) is 0 Å². The van der Waals surface area contributed by atoms with Gasteiger partial charge in [-0.25, -0.2) is 4.98 Å². The summed E-state index contributed by atoms with van der Waals surface area (Å²) in [6, 6.07) is 0. The van der Waals surface area contributed by atoms with Crippen LogP contribution in [0.15, 0.2) is 0 Å². The Hall–Kier alpha value is -0.940. The second-order valence-electron chi connectivity index (χ2n) is 3.54. The molecular weight excluding hydrogens is 226 g/mol. The van der Waals surface area contributed by atoms with E-state index in [1.165, 1.54) is 11.3 Å². The van der Waals surface area contributed by atoms with E-state index in [9.17, 15) is 4.79 Å². The molecule has 0 radical (unpaired) electrons. The van der Waals surface area contributed by atoms with Gasteiger partial charge < -0.3 is 9.84 Å². The maximum atomic E-state index is 10.7. The molecule has 90 valence electrons. The van der Waals surface area contributed by atoms with Gasteiger partial charge in [0.05, 0.1) is 23.7 Å². The first-order valence-corrected chi connectivity index (χ1v) is 6.17. The first kappa shape index (κ1) is 13.1. The Morgan fingerprint density at radius 3 is 2.81 bits per heavy atom. The first-order chi connectivity index (χ1) is 7.67. The molecule has 0 spiro atoms. The van der Waals surface area contributed by atoms with Crippen molar-refractivity contribution in [3.8, 4) is 0 Å². The van der Waals surface area contributed by atoms with Crippen molar-refractivity contribution in [3.05, 3.63) is 15.6 Å². The van der Waals surface area contributed by atoms with E-state index in [4.69, 9.17) is 9.84 Å². The van der Waals surface area contributed by atoms with Crippen LogP contribution in [0.5, 0.6) is 0 Å². The van der Waals surface area contributed by atoms with E-state index < -0.39 is 5.97 Å². The van der Waals surface area contributed by atoms with E-state index in [0.717, 1.165) is 34.8 Å². The lowest BCUT2D eigenvalue weighted by Crippen LogP contribution is -2.01. The molecule has 0 bridgehead atoms. The number of methoxy groups -OCH3 is 1. The van der Waals surface area contributed by atoms with Crippen molar-refractivity contribution in [2.75, 3.05) is 13.7 Å². The fraction of sp³-hybridized carbons (Fsp3) is 0.636. The molecule has 0 fully saturated rings. The maximum Gasteiger partial charge on any atom is 0.308 e. The number of aryl methyl sites for hydroxylation is 1. The molecule has 5 heteroatoms. The van der Waals surface area contributed by atoms with E-state index in [0.29, 0.717) is 6.61 Å². The third-order valence-corrected chi connectivity index (χ3v) is 3.30. The highest BCUT2D eigenvalue weighted by molar-refractivity contribution is 7.11. The fourth-order valence-electron chi connectivity index (χ4n) is 1.44. The van der Waals surface area contributed by atoms with Crippen molar-refractivity contribution >= 4 is 17.3 Å². The predicted octanol–water partition coefficient (Wildman–Crippen LogP) is 1.91. The summed E-state index contributed by atoms with van der Waals surface area (Å²) in [5.74, 6) is -0.792. The summed E-state index contributed by atoms with van der Waals surface area (Å²) in [6.07, 6.45) is 2.68. The van der Waals surface area contributed by atoms with Gasteiger partial charge in [-0.15, -0.1) is 11.3 Å². The Labute approximate surface area is 99.3 Å². The van der Waals surface area contributed by atoms with Gasteiger partial charge >= 0.3 is 5.97 Å². The number of hydrogen-bond donors (Lipinski definition) is 1. The third-order valence-electron chi connectivity index (χ3n) is 2.14. The zero-order valence-corrected chi connectivity index (χ0v) is 10.5. The van der Waals surface area contributed by atoms with E-state index in [2.05, 4.69) is 11.9 Å². The average molecular weight is 243 g/mol. The van der Waals surface area contributed by atoms with Gasteiger partial charge in [-0.3, -0.25) is 4.79 Å². The molecule has 0 atom stereocenters. The minimum atomic E-state index is -0.792. The number of rotatable bonds is 7. The summed E-state index contributed by atoms with van der Waals surface area (Å²) < 4.78 is 4.99. The van der Waals surface area contributed by atoms with Crippen LogP contribution < -0.4 is 0 Å². The molecule has 1 aromatic heterocycles. The minimum Gasteiger partial charge on any atom is -0.481 e. The average Bonchev–Trinajstić information content (AvgIpc) is 2.58. The number of aliphatic carboxylic acids is 1. The second-order valence-corrected chi connectivity index (χ2v) is 4.71. The highest BCUT2D eigenvalue weighted by Gasteiger charge is 2.13. The largest absolute Gasteiger partial charge is 0.481 e. The van der Waals surface area contributed by atoms with Crippen LogP contribution >= 0.6 is 11.3 Å². The van der Waals surface area contributed by atoms with Crippen LogP contribution in [0, 0.1) is 0 Å². The normalized spacial score (nSPS) is 10.6. The van der Waals surface area contributed by atoms with Crippen LogP contribution in [0.25, 0.3) is 0 Å². The predicted molar refractivity (Wildman–Crippen MR) is 63.0 cm³/mol. The SMILES string of the molecule is CCCc1nc(CCOC)sc1CC(=O)O. The second kappa shape index (κ2) is 6.60. The molecule has 0 aliphatic heterocycles. The number of ether oxygens (including phenoxy) is 1. The van der Waals surface area contributed by atoms with E-state index in [1.807, 2.05) is 0 Å². The van der Waals surface area contributed by atoms with E-state index in [1.54, 1.807) is 7.11 Å². The van der Waals surface area contributed by atoms with Gasteiger partial charge in [-0.05, 0) is 6.42 Å². The Morgan fingerprint density at radius 2 is 2.25 bits per heavy atom. The molecule has 0 saturated heterocycles. The fourth-order valence-corrected chi connectivity index (χ4v) is 2.53. The lowest BCUT2D eigenvalue weighted by atomic mass is 10.2. The maximum absolute atomic E-state index is 10.7. The van der Waals surface area contributed by atoms with Gasteiger partial charge in [-0.1, -0.05) is 13.3 Å². The van der Waals surface area contributed by atoms with Crippen LogP contribution in [-0.4, -0.2) is 29.8 Å². The van der Waals surface area contributed by atoms with Crippen LogP contribution in [0.1, 0.15) is 28.9 Å². The summed E-state index contributed by atoms with van der Waals surface area (Å²) in [5.41, 5.74) is 0.945. The Bertz CT molecular complexity index is 349. The highest BCUT2D eigenvalue weighted by Crippen LogP contribution is 2.21.